The molecule has 1 aromatic rings. The van der Waals surface area contributed by atoms with Crippen molar-refractivity contribution in [3.05, 3.63) is 28.2 Å². The zero-order valence-corrected chi connectivity index (χ0v) is 10.9. The second kappa shape index (κ2) is 4.45. The maximum Gasteiger partial charge on any atom is 0.255 e. The average Bonchev–Trinajstić information content (AvgIpc) is 2.93. The van der Waals surface area contributed by atoms with Gasteiger partial charge in [0.25, 0.3) is 5.91 Å². The minimum atomic E-state index is -0.0568. The first-order chi connectivity index (χ1) is 7.61. The quantitative estimate of drug-likeness (QED) is 0.926. The van der Waals surface area contributed by atoms with Crippen LogP contribution < -0.4 is 10.1 Å². The number of amides is 1. The van der Waals surface area contributed by atoms with Gasteiger partial charge < -0.3 is 10.1 Å². The maximum atomic E-state index is 11.9. The molecule has 3 nitrogen and oxygen atoms in total. The molecule has 4 heteroatoms. The van der Waals surface area contributed by atoms with E-state index in [0.29, 0.717) is 23.3 Å². The van der Waals surface area contributed by atoms with Gasteiger partial charge in [-0.15, -0.1) is 0 Å². The summed E-state index contributed by atoms with van der Waals surface area (Å²) in [5.74, 6) is 1.14. The molecule has 0 bridgehead atoms. The lowest BCUT2D eigenvalue weighted by Gasteiger charge is -2.09. The maximum absolute atomic E-state index is 11.9. The molecule has 0 radical (unpaired) electrons. The van der Waals surface area contributed by atoms with Gasteiger partial charge in [0.05, 0.1) is 12.7 Å². The summed E-state index contributed by atoms with van der Waals surface area (Å²) < 4.78 is 6.09. The van der Waals surface area contributed by atoms with E-state index >= 15 is 0 Å². The minimum Gasteiger partial charge on any atom is -0.496 e. The average molecular weight is 284 g/mol. The van der Waals surface area contributed by atoms with Crippen LogP contribution in [0.5, 0.6) is 5.75 Å². The van der Waals surface area contributed by atoms with Crippen molar-refractivity contribution in [3.63, 3.8) is 0 Å². The standard InChI is InChI=1S/C12H14BrNO2/c1-7-5-10(7)14-12(15)9-4-3-8(13)6-11(9)16-2/h3-4,6-7,10H,5H2,1-2H3,(H,14,15). The highest BCUT2D eigenvalue weighted by molar-refractivity contribution is 9.10. The van der Waals surface area contributed by atoms with Crippen LogP contribution in [-0.4, -0.2) is 19.1 Å². The molecule has 0 heterocycles. The summed E-state index contributed by atoms with van der Waals surface area (Å²) >= 11 is 3.35. The third-order valence-electron chi connectivity index (χ3n) is 2.83. The van der Waals surface area contributed by atoms with Crippen molar-refractivity contribution in [2.45, 2.75) is 19.4 Å². The van der Waals surface area contributed by atoms with Crippen LogP contribution in [0.1, 0.15) is 23.7 Å². The summed E-state index contributed by atoms with van der Waals surface area (Å²) in [6.45, 7) is 2.13. The fourth-order valence-electron chi connectivity index (χ4n) is 1.62. The third kappa shape index (κ3) is 2.38. The van der Waals surface area contributed by atoms with Gasteiger partial charge >= 0.3 is 0 Å². The second-order valence-electron chi connectivity index (χ2n) is 4.14. The van der Waals surface area contributed by atoms with Crippen LogP contribution in [0.4, 0.5) is 0 Å². The highest BCUT2D eigenvalue weighted by Gasteiger charge is 2.34. The zero-order valence-electron chi connectivity index (χ0n) is 9.29. The number of hydrogen-bond donors (Lipinski definition) is 1. The fraction of sp³-hybridized carbons (Fsp3) is 0.417. The molecule has 2 rings (SSSR count). The fourth-order valence-corrected chi connectivity index (χ4v) is 1.96. The zero-order chi connectivity index (χ0) is 11.7. The Hall–Kier alpha value is -1.03. The van der Waals surface area contributed by atoms with E-state index in [2.05, 4.69) is 28.2 Å². The molecule has 16 heavy (non-hydrogen) atoms. The first-order valence-electron chi connectivity index (χ1n) is 5.26. The summed E-state index contributed by atoms with van der Waals surface area (Å²) in [5.41, 5.74) is 0.588. The Bertz CT molecular complexity index is 419. The van der Waals surface area contributed by atoms with E-state index in [1.54, 1.807) is 19.2 Å². The van der Waals surface area contributed by atoms with Gasteiger partial charge in [0.2, 0.25) is 0 Å². The first kappa shape index (κ1) is 11.5. The van der Waals surface area contributed by atoms with Crippen molar-refractivity contribution in [2.75, 3.05) is 7.11 Å². The second-order valence-corrected chi connectivity index (χ2v) is 5.05. The Morgan fingerprint density at radius 1 is 1.56 bits per heavy atom. The van der Waals surface area contributed by atoms with E-state index in [0.717, 1.165) is 10.9 Å². The molecule has 1 aliphatic rings. The van der Waals surface area contributed by atoms with E-state index < -0.39 is 0 Å². The number of carbonyl (C=O) groups is 1. The molecule has 1 aliphatic carbocycles. The van der Waals surface area contributed by atoms with Gasteiger partial charge in [-0.25, -0.2) is 0 Å². The molecule has 2 unspecified atom stereocenters. The van der Waals surface area contributed by atoms with Crippen molar-refractivity contribution < 1.29 is 9.53 Å². The predicted molar refractivity (Wildman–Crippen MR) is 65.7 cm³/mol. The molecular weight excluding hydrogens is 270 g/mol. The summed E-state index contributed by atoms with van der Waals surface area (Å²) in [6, 6.07) is 5.74. The van der Waals surface area contributed by atoms with E-state index in [4.69, 9.17) is 4.74 Å². The first-order valence-corrected chi connectivity index (χ1v) is 6.05. The Kier molecular flexibility index (Phi) is 3.19. The number of hydrogen-bond acceptors (Lipinski definition) is 2. The molecule has 2 atom stereocenters. The third-order valence-corrected chi connectivity index (χ3v) is 3.33. The number of nitrogens with one attached hydrogen (secondary N) is 1. The van der Waals surface area contributed by atoms with Gasteiger partial charge in [0.15, 0.2) is 0 Å². The monoisotopic (exact) mass is 283 g/mol. The molecule has 0 aromatic heterocycles. The van der Waals surface area contributed by atoms with Gasteiger partial charge in [-0.3, -0.25) is 4.79 Å². The minimum absolute atomic E-state index is 0.0568. The SMILES string of the molecule is COc1cc(Br)ccc1C(=O)NC1CC1C. The topological polar surface area (TPSA) is 38.3 Å². The van der Waals surface area contributed by atoms with Crippen LogP contribution in [0.3, 0.4) is 0 Å². The summed E-state index contributed by atoms with van der Waals surface area (Å²) in [6.07, 6.45) is 1.07. The highest BCUT2D eigenvalue weighted by atomic mass is 79.9. The molecule has 1 saturated carbocycles. The summed E-state index contributed by atoms with van der Waals surface area (Å²) in [7, 11) is 1.57. The van der Waals surface area contributed by atoms with Crippen LogP contribution in [-0.2, 0) is 0 Å². The van der Waals surface area contributed by atoms with Gasteiger partial charge in [0, 0.05) is 10.5 Å². The number of ether oxygens (including phenoxy) is 1. The molecule has 0 saturated heterocycles. The molecule has 1 N–H and O–H groups in total. The van der Waals surface area contributed by atoms with Gasteiger partial charge in [-0.1, -0.05) is 22.9 Å². The van der Waals surface area contributed by atoms with Gasteiger partial charge in [0.1, 0.15) is 5.75 Å². The number of carbonyl (C=O) groups excluding carboxylic acids is 1. The number of rotatable bonds is 3. The lowest BCUT2D eigenvalue weighted by molar-refractivity contribution is 0.0946. The lowest BCUT2D eigenvalue weighted by atomic mass is 10.2. The molecule has 1 amide bonds. The highest BCUT2D eigenvalue weighted by Crippen LogP contribution is 2.30. The van der Waals surface area contributed by atoms with Crippen LogP contribution in [0.2, 0.25) is 0 Å². The Balaban J connectivity index is 2.15. The lowest BCUT2D eigenvalue weighted by Crippen LogP contribution is -2.26. The molecular formula is C12H14BrNO2. The molecule has 86 valence electrons. The van der Waals surface area contributed by atoms with E-state index in [1.165, 1.54) is 0 Å². The van der Waals surface area contributed by atoms with Crippen molar-refractivity contribution in [3.8, 4) is 5.75 Å². The molecule has 0 aliphatic heterocycles. The Morgan fingerprint density at radius 3 is 2.81 bits per heavy atom. The Morgan fingerprint density at radius 2 is 2.25 bits per heavy atom. The molecule has 1 aromatic carbocycles. The van der Waals surface area contributed by atoms with Crippen LogP contribution >= 0.6 is 15.9 Å². The summed E-state index contributed by atoms with van der Waals surface area (Å²) in [5, 5.41) is 2.98. The largest absolute Gasteiger partial charge is 0.496 e. The Labute approximate surface area is 103 Å². The predicted octanol–water partition coefficient (Wildman–Crippen LogP) is 2.60. The smallest absolute Gasteiger partial charge is 0.255 e. The van der Waals surface area contributed by atoms with Gasteiger partial charge in [-0.2, -0.15) is 0 Å². The van der Waals surface area contributed by atoms with E-state index in [1.807, 2.05) is 6.07 Å². The van der Waals surface area contributed by atoms with Crippen molar-refractivity contribution in [1.29, 1.82) is 0 Å². The summed E-state index contributed by atoms with van der Waals surface area (Å²) in [4.78, 5) is 11.9. The van der Waals surface area contributed by atoms with Crippen LogP contribution in [0, 0.1) is 5.92 Å². The van der Waals surface area contributed by atoms with Crippen molar-refractivity contribution in [1.82, 2.24) is 5.32 Å². The number of methoxy groups -OCH3 is 1. The van der Waals surface area contributed by atoms with Crippen LogP contribution in [0.25, 0.3) is 0 Å². The van der Waals surface area contributed by atoms with Crippen molar-refractivity contribution in [2.24, 2.45) is 5.92 Å². The van der Waals surface area contributed by atoms with E-state index in [-0.39, 0.29) is 5.91 Å². The molecule has 0 spiro atoms. The number of halogens is 1. The van der Waals surface area contributed by atoms with Crippen molar-refractivity contribution >= 4 is 21.8 Å². The van der Waals surface area contributed by atoms with E-state index in [9.17, 15) is 4.79 Å². The van der Waals surface area contributed by atoms with Gasteiger partial charge in [-0.05, 0) is 30.5 Å². The molecule has 1 fully saturated rings. The van der Waals surface area contributed by atoms with Crippen LogP contribution in [0.15, 0.2) is 22.7 Å². The normalized spacial score (nSPS) is 22.7. The number of benzene rings is 1.